The molecule has 0 radical (unpaired) electrons. The lowest BCUT2D eigenvalue weighted by molar-refractivity contribution is -0.136. The summed E-state index contributed by atoms with van der Waals surface area (Å²) in [5.41, 5.74) is 6.38. The number of carbonyl (C=O) groups excluding carboxylic acids is 2. The number of hydrogen-bond donors (Lipinski definition) is 1. The minimum atomic E-state index is -0.535. The van der Waals surface area contributed by atoms with Gasteiger partial charge in [0.25, 0.3) is 5.91 Å². The molecule has 22 heavy (non-hydrogen) atoms. The van der Waals surface area contributed by atoms with Gasteiger partial charge in [0.15, 0.2) is 0 Å². The Morgan fingerprint density at radius 3 is 2.77 bits per heavy atom. The summed E-state index contributed by atoms with van der Waals surface area (Å²) < 4.78 is 0. The van der Waals surface area contributed by atoms with Gasteiger partial charge in [-0.05, 0) is 38.2 Å². The highest BCUT2D eigenvalue weighted by molar-refractivity contribution is 5.90. The normalized spacial score (nSPS) is 18.5. The predicted molar refractivity (Wildman–Crippen MR) is 83.1 cm³/mol. The Balaban J connectivity index is 2.07. The minimum Gasteiger partial charge on any atom is -0.364 e. The van der Waals surface area contributed by atoms with Gasteiger partial charge in [-0.15, -0.1) is 0 Å². The fraction of sp³-hybridized carbons (Fsp3) is 0.625. The maximum absolute atomic E-state index is 12.1. The van der Waals surface area contributed by atoms with E-state index in [9.17, 15) is 9.59 Å². The van der Waals surface area contributed by atoms with Crippen molar-refractivity contribution in [1.29, 1.82) is 0 Å². The van der Waals surface area contributed by atoms with Crippen LogP contribution in [0.2, 0.25) is 0 Å². The van der Waals surface area contributed by atoms with E-state index in [-0.39, 0.29) is 17.5 Å². The van der Waals surface area contributed by atoms with Crippen molar-refractivity contribution < 1.29 is 9.59 Å². The van der Waals surface area contributed by atoms with Gasteiger partial charge in [-0.25, -0.2) is 9.97 Å². The largest absolute Gasteiger partial charge is 0.364 e. The second kappa shape index (κ2) is 6.85. The minimum absolute atomic E-state index is 0.0292. The van der Waals surface area contributed by atoms with Crippen LogP contribution in [0.15, 0.2) is 6.07 Å². The highest BCUT2D eigenvalue weighted by Crippen LogP contribution is 2.21. The van der Waals surface area contributed by atoms with E-state index in [0.717, 1.165) is 38.0 Å². The third-order valence-electron chi connectivity index (χ3n) is 3.97. The van der Waals surface area contributed by atoms with Crippen LogP contribution in [0.4, 0.5) is 0 Å². The fourth-order valence-corrected chi connectivity index (χ4v) is 2.95. The quantitative estimate of drug-likeness (QED) is 0.908. The molecular weight excluding hydrogens is 280 g/mol. The lowest BCUT2D eigenvalue weighted by atomic mass is 9.92. The molecule has 2 N–H and O–H groups in total. The molecule has 2 heterocycles. The van der Waals surface area contributed by atoms with Gasteiger partial charge in [0.05, 0.1) is 0 Å². The maximum Gasteiger partial charge on any atom is 0.267 e. The lowest BCUT2D eigenvalue weighted by Crippen LogP contribution is -2.42. The number of likely N-dealkylation sites (tertiary alicyclic amines) is 1. The smallest absolute Gasteiger partial charge is 0.267 e. The Labute approximate surface area is 131 Å². The van der Waals surface area contributed by atoms with Crippen molar-refractivity contribution in [3.63, 3.8) is 0 Å². The first-order valence-electron chi connectivity index (χ1n) is 7.80. The van der Waals surface area contributed by atoms with Crippen molar-refractivity contribution in [2.75, 3.05) is 13.1 Å². The third-order valence-corrected chi connectivity index (χ3v) is 3.97. The van der Waals surface area contributed by atoms with Crippen LogP contribution in [-0.4, -0.2) is 39.8 Å². The van der Waals surface area contributed by atoms with Gasteiger partial charge >= 0.3 is 0 Å². The Morgan fingerprint density at radius 2 is 2.14 bits per heavy atom. The molecule has 1 aliphatic heterocycles. The molecule has 2 amide bonds. The van der Waals surface area contributed by atoms with Gasteiger partial charge in [0.2, 0.25) is 5.91 Å². The van der Waals surface area contributed by atoms with Crippen LogP contribution in [0.5, 0.6) is 0 Å². The third kappa shape index (κ3) is 4.02. The molecule has 0 bridgehead atoms. The van der Waals surface area contributed by atoms with Crippen LogP contribution < -0.4 is 5.73 Å². The van der Waals surface area contributed by atoms with Crippen LogP contribution in [-0.2, 0) is 11.2 Å². The molecule has 6 nitrogen and oxygen atoms in total. The van der Waals surface area contributed by atoms with Crippen molar-refractivity contribution in [3.05, 3.63) is 23.3 Å². The van der Waals surface area contributed by atoms with E-state index >= 15 is 0 Å². The SMILES string of the molecule is Cc1nc(C[C@H]2CCCN(C(=O)C(C)C)C2)cc(C(N)=O)n1. The summed E-state index contributed by atoms with van der Waals surface area (Å²) in [5, 5.41) is 0. The number of hydrogen-bond acceptors (Lipinski definition) is 4. The van der Waals surface area contributed by atoms with Crippen LogP contribution in [0.1, 0.15) is 48.7 Å². The highest BCUT2D eigenvalue weighted by atomic mass is 16.2. The van der Waals surface area contributed by atoms with Gasteiger partial charge < -0.3 is 10.6 Å². The van der Waals surface area contributed by atoms with Crippen LogP contribution in [0.3, 0.4) is 0 Å². The van der Waals surface area contributed by atoms with E-state index in [1.807, 2.05) is 18.7 Å². The first kappa shape index (κ1) is 16.4. The number of amides is 2. The van der Waals surface area contributed by atoms with Gasteiger partial charge in [-0.3, -0.25) is 9.59 Å². The monoisotopic (exact) mass is 304 g/mol. The molecule has 0 saturated carbocycles. The summed E-state index contributed by atoms with van der Waals surface area (Å²) in [6.07, 6.45) is 2.82. The van der Waals surface area contributed by atoms with Crippen molar-refractivity contribution >= 4 is 11.8 Å². The van der Waals surface area contributed by atoms with E-state index in [4.69, 9.17) is 5.73 Å². The summed E-state index contributed by atoms with van der Waals surface area (Å²) in [6.45, 7) is 7.21. The van der Waals surface area contributed by atoms with Crippen molar-refractivity contribution in [2.45, 2.75) is 40.0 Å². The zero-order valence-corrected chi connectivity index (χ0v) is 13.5. The molecular formula is C16H24N4O2. The van der Waals surface area contributed by atoms with Crippen molar-refractivity contribution in [3.8, 4) is 0 Å². The van der Waals surface area contributed by atoms with E-state index in [0.29, 0.717) is 11.7 Å². The highest BCUT2D eigenvalue weighted by Gasteiger charge is 2.25. The van der Waals surface area contributed by atoms with Crippen LogP contribution >= 0.6 is 0 Å². The van der Waals surface area contributed by atoms with Crippen molar-refractivity contribution in [2.24, 2.45) is 17.6 Å². The lowest BCUT2D eigenvalue weighted by Gasteiger charge is -2.33. The molecule has 1 saturated heterocycles. The number of nitrogens with two attached hydrogens (primary N) is 1. The second-order valence-electron chi connectivity index (χ2n) is 6.31. The number of aromatic nitrogens is 2. The van der Waals surface area contributed by atoms with Crippen molar-refractivity contribution in [1.82, 2.24) is 14.9 Å². The molecule has 120 valence electrons. The number of nitrogens with zero attached hydrogens (tertiary/aromatic N) is 3. The summed E-state index contributed by atoms with van der Waals surface area (Å²) in [5.74, 6) is 0.624. The number of rotatable bonds is 4. The average molecular weight is 304 g/mol. The zero-order chi connectivity index (χ0) is 16.3. The van der Waals surface area contributed by atoms with Gasteiger partial charge in [-0.2, -0.15) is 0 Å². The summed E-state index contributed by atoms with van der Waals surface area (Å²) in [7, 11) is 0. The first-order valence-corrected chi connectivity index (χ1v) is 7.80. The van der Waals surface area contributed by atoms with Gasteiger partial charge in [0.1, 0.15) is 11.5 Å². The molecule has 0 aliphatic carbocycles. The van der Waals surface area contributed by atoms with Crippen LogP contribution in [0, 0.1) is 18.8 Å². The second-order valence-corrected chi connectivity index (χ2v) is 6.31. The number of aryl methyl sites for hydroxylation is 1. The van der Waals surface area contributed by atoms with E-state index < -0.39 is 5.91 Å². The molecule has 1 aromatic heterocycles. The maximum atomic E-state index is 12.1. The molecule has 1 fully saturated rings. The van der Waals surface area contributed by atoms with Gasteiger partial charge in [-0.1, -0.05) is 13.8 Å². The molecule has 6 heteroatoms. The summed E-state index contributed by atoms with van der Waals surface area (Å²) in [4.78, 5) is 33.8. The Hall–Kier alpha value is -1.98. The Morgan fingerprint density at radius 1 is 1.41 bits per heavy atom. The molecule has 0 unspecified atom stereocenters. The van der Waals surface area contributed by atoms with E-state index in [1.165, 1.54) is 0 Å². The van der Waals surface area contributed by atoms with E-state index in [1.54, 1.807) is 13.0 Å². The summed E-state index contributed by atoms with van der Waals surface area (Å²) >= 11 is 0. The summed E-state index contributed by atoms with van der Waals surface area (Å²) in [6, 6.07) is 1.67. The topological polar surface area (TPSA) is 89.2 Å². The molecule has 2 rings (SSSR count). The average Bonchev–Trinajstić information content (AvgIpc) is 2.46. The molecule has 0 aromatic carbocycles. The molecule has 1 aliphatic rings. The standard InChI is InChI=1S/C16H24N4O2/c1-10(2)16(22)20-6-4-5-12(9-20)7-13-8-14(15(17)21)19-11(3)18-13/h8,10,12H,4-7,9H2,1-3H3,(H2,17,21)/t12-/m1/s1. The number of primary amides is 1. The zero-order valence-electron chi connectivity index (χ0n) is 13.5. The number of piperidine rings is 1. The predicted octanol–water partition coefficient (Wildman–Crippen LogP) is 1.32. The van der Waals surface area contributed by atoms with Crippen LogP contribution in [0.25, 0.3) is 0 Å². The molecule has 0 spiro atoms. The van der Waals surface area contributed by atoms with E-state index in [2.05, 4.69) is 9.97 Å². The Bertz CT molecular complexity index is 571. The number of carbonyl (C=O) groups is 2. The Kier molecular flexibility index (Phi) is 5.11. The first-order chi connectivity index (χ1) is 10.4. The fourth-order valence-electron chi connectivity index (χ4n) is 2.95. The molecule has 1 atom stereocenters. The molecule has 1 aromatic rings. The van der Waals surface area contributed by atoms with Gasteiger partial charge in [0, 0.05) is 24.7 Å².